The van der Waals surface area contributed by atoms with Crippen LogP contribution in [-0.4, -0.2) is 29.9 Å². The zero-order valence-corrected chi connectivity index (χ0v) is 16.0. The van der Waals surface area contributed by atoms with Gasteiger partial charge in [-0.15, -0.1) is 0 Å². The molecule has 0 bridgehead atoms. The second-order valence-electron chi connectivity index (χ2n) is 7.66. The molecule has 1 saturated carbocycles. The Morgan fingerprint density at radius 2 is 1.73 bits per heavy atom. The van der Waals surface area contributed by atoms with Crippen LogP contribution in [-0.2, 0) is 25.5 Å². The molecule has 26 heavy (non-hydrogen) atoms. The molecule has 2 fully saturated rings. The molecule has 2 aliphatic rings. The number of aryl methyl sites for hydroxylation is 1. The Kier molecular flexibility index (Phi) is 4.25. The van der Waals surface area contributed by atoms with Crippen LogP contribution in [0.5, 0.6) is 0 Å². The predicted octanol–water partition coefficient (Wildman–Crippen LogP) is 3.34. The fraction of sp³-hybridized carbons (Fsp3) is 0.571. The highest BCUT2D eigenvalue weighted by molar-refractivity contribution is 6.19. The van der Waals surface area contributed by atoms with Crippen LogP contribution in [0.2, 0.25) is 0 Å². The molecule has 0 amide bonds. The largest absolute Gasteiger partial charge is 0.465 e. The summed E-state index contributed by atoms with van der Waals surface area (Å²) in [7, 11) is 0. The molecule has 1 aromatic rings. The van der Waals surface area contributed by atoms with E-state index >= 15 is 0 Å². The minimum atomic E-state index is -1.53. The Labute approximate surface area is 154 Å². The van der Waals surface area contributed by atoms with Crippen LogP contribution in [0.15, 0.2) is 24.3 Å². The molecule has 3 rings (SSSR count). The van der Waals surface area contributed by atoms with Gasteiger partial charge in [0.2, 0.25) is 0 Å². The number of carbonyl (C=O) groups is 3. The van der Waals surface area contributed by atoms with E-state index in [1.807, 2.05) is 26.0 Å². The number of ketones is 1. The molecule has 1 aliphatic heterocycles. The van der Waals surface area contributed by atoms with Gasteiger partial charge < -0.3 is 9.47 Å². The quantitative estimate of drug-likeness (QED) is 0.443. The van der Waals surface area contributed by atoms with Crippen LogP contribution in [0, 0.1) is 16.7 Å². The average molecular weight is 358 g/mol. The smallest absolute Gasteiger partial charge is 0.325 e. The van der Waals surface area contributed by atoms with Crippen molar-refractivity contribution in [1.82, 2.24) is 0 Å². The Bertz CT molecular complexity index is 763. The molecule has 1 aromatic carbocycles. The van der Waals surface area contributed by atoms with Crippen molar-refractivity contribution >= 4 is 17.7 Å². The van der Waals surface area contributed by atoms with E-state index in [0.717, 1.165) is 12.0 Å². The Morgan fingerprint density at radius 3 is 2.23 bits per heavy atom. The molecule has 0 aromatic heterocycles. The second-order valence-corrected chi connectivity index (χ2v) is 7.66. The van der Waals surface area contributed by atoms with Gasteiger partial charge >= 0.3 is 11.9 Å². The van der Waals surface area contributed by atoms with Gasteiger partial charge in [0.1, 0.15) is 5.60 Å². The Hall–Kier alpha value is -2.17. The highest BCUT2D eigenvalue weighted by atomic mass is 16.6. The summed E-state index contributed by atoms with van der Waals surface area (Å²) in [4.78, 5) is 39.2. The third kappa shape index (κ3) is 2.06. The minimum Gasteiger partial charge on any atom is -0.465 e. The molecule has 140 valence electrons. The molecule has 5 nitrogen and oxygen atoms in total. The third-order valence-corrected chi connectivity index (χ3v) is 6.10. The van der Waals surface area contributed by atoms with Crippen molar-refractivity contribution in [2.24, 2.45) is 16.7 Å². The van der Waals surface area contributed by atoms with E-state index in [1.165, 1.54) is 0 Å². The van der Waals surface area contributed by atoms with Gasteiger partial charge in [0, 0.05) is 11.5 Å². The molecule has 0 unspecified atom stereocenters. The summed E-state index contributed by atoms with van der Waals surface area (Å²) in [6, 6.07) is 7.39. The number of hydrogen-bond acceptors (Lipinski definition) is 5. The highest BCUT2D eigenvalue weighted by Gasteiger charge is 2.95. The molecule has 0 spiro atoms. The Balaban J connectivity index is 2.11. The SMILES string of the molecule is CCOC(=O)[C@@]12C(=O)OC(C)(C)[C@@H]1[C@]2(CC)C(=O)c1ccc(CC)cc1. The van der Waals surface area contributed by atoms with Gasteiger partial charge in [0.05, 0.1) is 12.0 Å². The molecule has 0 N–H and O–H groups in total. The van der Waals surface area contributed by atoms with Gasteiger partial charge in [-0.3, -0.25) is 14.4 Å². The summed E-state index contributed by atoms with van der Waals surface area (Å²) in [5.41, 5.74) is -1.87. The first-order chi connectivity index (χ1) is 12.2. The number of fused-ring (bicyclic) bond motifs is 1. The first-order valence-electron chi connectivity index (χ1n) is 9.28. The molecule has 1 aliphatic carbocycles. The first kappa shape index (κ1) is 18.6. The molecule has 0 radical (unpaired) electrons. The van der Waals surface area contributed by atoms with E-state index in [9.17, 15) is 14.4 Å². The van der Waals surface area contributed by atoms with Crippen molar-refractivity contribution in [3.63, 3.8) is 0 Å². The van der Waals surface area contributed by atoms with Crippen molar-refractivity contribution in [3.05, 3.63) is 35.4 Å². The summed E-state index contributed by atoms with van der Waals surface area (Å²) < 4.78 is 10.7. The number of cyclic esters (lactones) is 1. The maximum absolute atomic E-state index is 13.5. The van der Waals surface area contributed by atoms with Gasteiger partial charge in [-0.2, -0.15) is 0 Å². The molecule has 5 heteroatoms. The van der Waals surface area contributed by atoms with Gasteiger partial charge in [0.25, 0.3) is 0 Å². The monoisotopic (exact) mass is 358 g/mol. The topological polar surface area (TPSA) is 69.7 Å². The molecule has 1 heterocycles. The van der Waals surface area contributed by atoms with Crippen LogP contribution in [0.25, 0.3) is 0 Å². The lowest BCUT2D eigenvalue weighted by molar-refractivity contribution is -0.166. The summed E-state index contributed by atoms with van der Waals surface area (Å²) in [6.45, 7) is 9.27. The number of benzene rings is 1. The van der Waals surface area contributed by atoms with Crippen LogP contribution in [0.3, 0.4) is 0 Å². The lowest BCUT2D eigenvalue weighted by Crippen LogP contribution is -2.40. The number of hydrogen-bond donors (Lipinski definition) is 0. The number of Topliss-reactive ketones (excluding diaryl/α,β-unsaturated/α-hetero) is 1. The van der Waals surface area contributed by atoms with Crippen molar-refractivity contribution in [2.75, 3.05) is 6.61 Å². The van der Waals surface area contributed by atoms with E-state index < -0.39 is 34.3 Å². The number of ether oxygens (including phenoxy) is 2. The van der Waals surface area contributed by atoms with Gasteiger partial charge in [-0.25, -0.2) is 0 Å². The van der Waals surface area contributed by atoms with Crippen molar-refractivity contribution in [1.29, 1.82) is 0 Å². The maximum Gasteiger partial charge on any atom is 0.325 e. The summed E-state index contributed by atoms with van der Waals surface area (Å²) in [5.74, 6) is -1.96. The number of carbonyl (C=O) groups excluding carboxylic acids is 3. The zero-order valence-electron chi connectivity index (χ0n) is 16.0. The van der Waals surface area contributed by atoms with Crippen LogP contribution in [0.4, 0.5) is 0 Å². The fourth-order valence-electron chi connectivity index (χ4n) is 5.06. The van der Waals surface area contributed by atoms with Gasteiger partial charge in [0.15, 0.2) is 11.2 Å². The predicted molar refractivity (Wildman–Crippen MR) is 95.6 cm³/mol. The number of rotatable bonds is 6. The van der Waals surface area contributed by atoms with E-state index in [4.69, 9.17) is 9.47 Å². The van der Waals surface area contributed by atoms with Crippen LogP contribution >= 0.6 is 0 Å². The third-order valence-electron chi connectivity index (χ3n) is 6.10. The van der Waals surface area contributed by atoms with Crippen molar-refractivity contribution in [3.8, 4) is 0 Å². The Morgan fingerprint density at radius 1 is 1.12 bits per heavy atom. The van der Waals surface area contributed by atoms with E-state index in [0.29, 0.717) is 12.0 Å². The first-order valence-corrected chi connectivity index (χ1v) is 9.28. The molecular weight excluding hydrogens is 332 g/mol. The molecule has 3 atom stereocenters. The van der Waals surface area contributed by atoms with E-state index in [-0.39, 0.29) is 12.4 Å². The van der Waals surface area contributed by atoms with Crippen molar-refractivity contribution < 1.29 is 23.9 Å². The normalized spacial score (nSPS) is 31.1. The van der Waals surface area contributed by atoms with E-state index in [1.54, 1.807) is 32.9 Å². The molecular formula is C21H26O5. The van der Waals surface area contributed by atoms with Gasteiger partial charge in [-0.05, 0) is 39.2 Å². The zero-order chi connectivity index (χ0) is 19.3. The molecule has 1 saturated heterocycles. The highest BCUT2D eigenvalue weighted by Crippen LogP contribution is 2.80. The second kappa shape index (κ2) is 5.93. The number of esters is 2. The minimum absolute atomic E-state index is 0.153. The van der Waals surface area contributed by atoms with Crippen LogP contribution in [0.1, 0.15) is 57.0 Å². The van der Waals surface area contributed by atoms with Crippen LogP contribution < -0.4 is 0 Å². The van der Waals surface area contributed by atoms with Crippen molar-refractivity contribution in [2.45, 2.75) is 53.1 Å². The standard InChI is InChI=1S/C21H26O5/c1-6-13-9-11-14(12-10-13)15(22)20(7-2)16-19(4,5)26-18(24)21(16,20)17(23)25-8-3/h9-12,16H,6-8H2,1-5H3/t16-,20+,21-/m1/s1. The fourth-order valence-corrected chi connectivity index (χ4v) is 5.06. The van der Waals surface area contributed by atoms with E-state index in [2.05, 4.69) is 0 Å². The average Bonchev–Trinajstić information content (AvgIpc) is 3.21. The van der Waals surface area contributed by atoms with Gasteiger partial charge in [-0.1, -0.05) is 38.1 Å². The summed E-state index contributed by atoms with van der Waals surface area (Å²) in [5, 5.41) is 0. The summed E-state index contributed by atoms with van der Waals surface area (Å²) >= 11 is 0. The summed E-state index contributed by atoms with van der Waals surface area (Å²) in [6.07, 6.45) is 1.26. The maximum atomic E-state index is 13.5. The lowest BCUT2D eigenvalue weighted by Gasteiger charge is -2.28. The lowest BCUT2D eigenvalue weighted by atomic mass is 9.81.